The Morgan fingerprint density at radius 1 is 1.09 bits per heavy atom. The first-order valence-electron chi connectivity index (χ1n) is 15.4. The van der Waals surface area contributed by atoms with Crippen LogP contribution in [0.5, 0.6) is 11.5 Å². The minimum Gasteiger partial charge on any atom is -0.507 e. The van der Waals surface area contributed by atoms with E-state index in [9.17, 15) is 29.4 Å². The molecule has 46 heavy (non-hydrogen) atoms. The summed E-state index contributed by atoms with van der Waals surface area (Å²) in [6.45, 7) is 3.84. The van der Waals surface area contributed by atoms with E-state index >= 15 is 0 Å². The number of benzene rings is 2. The van der Waals surface area contributed by atoms with Crippen molar-refractivity contribution in [1.82, 2.24) is 5.32 Å². The molecule has 2 aromatic carbocycles. The van der Waals surface area contributed by atoms with Crippen LogP contribution in [0.2, 0.25) is 0 Å². The molecule has 1 saturated heterocycles. The number of fused-ring (bicyclic) bond motifs is 1. The number of methoxy groups -OCH3 is 1. The Balaban J connectivity index is 1.36. The van der Waals surface area contributed by atoms with Gasteiger partial charge >= 0.3 is 5.97 Å². The monoisotopic (exact) mass is 683 g/mol. The zero-order valence-electron chi connectivity index (χ0n) is 26.3. The Hall–Kier alpha value is -3.15. The third-order valence-corrected chi connectivity index (χ3v) is 12.4. The normalized spacial score (nSPS) is 18.8. The van der Waals surface area contributed by atoms with Crippen LogP contribution in [0, 0.1) is 0 Å². The molecule has 0 bridgehead atoms. The lowest BCUT2D eigenvalue weighted by Gasteiger charge is -2.28. The average molecular weight is 684 g/mol. The molecule has 0 spiro atoms. The molecule has 1 fully saturated rings. The summed E-state index contributed by atoms with van der Waals surface area (Å²) in [5, 5.41) is 24.7. The molecular formula is C35H41NO7S3. The Bertz CT molecular complexity index is 1490. The highest BCUT2D eigenvalue weighted by atomic mass is 32.2. The van der Waals surface area contributed by atoms with Crippen molar-refractivity contribution in [3.05, 3.63) is 82.5 Å². The van der Waals surface area contributed by atoms with E-state index in [1.54, 1.807) is 0 Å². The lowest BCUT2D eigenvalue weighted by Crippen LogP contribution is -2.43. The van der Waals surface area contributed by atoms with Gasteiger partial charge in [-0.15, -0.1) is 23.5 Å². The maximum absolute atomic E-state index is 12.9. The fourth-order valence-corrected chi connectivity index (χ4v) is 10.1. The summed E-state index contributed by atoms with van der Waals surface area (Å²) >= 11 is 5.27. The third-order valence-electron chi connectivity index (χ3n) is 7.84. The molecule has 3 N–H and O–H groups in total. The fraction of sp³-hybridized carbons (Fsp3) is 0.429. The summed E-state index contributed by atoms with van der Waals surface area (Å²) < 4.78 is 5.42. The van der Waals surface area contributed by atoms with Gasteiger partial charge in [0.1, 0.15) is 17.5 Å². The molecular weight excluding hydrogens is 643 g/mol. The van der Waals surface area contributed by atoms with Crippen LogP contribution in [0.4, 0.5) is 0 Å². The van der Waals surface area contributed by atoms with E-state index in [0.29, 0.717) is 22.7 Å². The molecule has 0 aromatic heterocycles. The number of nitrogens with one attached hydrogen (secondary N) is 1. The van der Waals surface area contributed by atoms with Crippen molar-refractivity contribution in [2.24, 2.45) is 0 Å². The maximum Gasteiger partial charge on any atom is 0.329 e. The second-order valence-corrected chi connectivity index (χ2v) is 15.7. The minimum atomic E-state index is -0.936. The van der Waals surface area contributed by atoms with Crippen molar-refractivity contribution in [3.63, 3.8) is 0 Å². The molecule has 246 valence electrons. The number of ether oxygens (including phenoxy) is 1. The van der Waals surface area contributed by atoms with Crippen LogP contribution in [0.15, 0.2) is 60.2 Å². The second-order valence-electron chi connectivity index (χ2n) is 11.5. The van der Waals surface area contributed by atoms with Gasteiger partial charge in [0.25, 0.3) is 0 Å². The van der Waals surface area contributed by atoms with Gasteiger partial charge in [-0.25, -0.2) is 4.79 Å². The smallest absolute Gasteiger partial charge is 0.329 e. The predicted molar refractivity (Wildman–Crippen MR) is 187 cm³/mol. The molecule has 2 aromatic rings. The first kappa shape index (κ1) is 35.7. The Morgan fingerprint density at radius 2 is 1.80 bits per heavy atom. The molecule has 1 unspecified atom stereocenters. The summed E-state index contributed by atoms with van der Waals surface area (Å²) in [4.78, 5) is 50.6. The van der Waals surface area contributed by atoms with Gasteiger partial charge in [-0.05, 0) is 69.1 Å². The van der Waals surface area contributed by atoms with Crippen molar-refractivity contribution in [2.75, 3.05) is 18.6 Å². The molecule has 8 nitrogen and oxygen atoms in total. The van der Waals surface area contributed by atoms with E-state index in [1.807, 2.05) is 49.5 Å². The number of thioether (sulfide) groups is 3. The highest BCUT2D eigenvalue weighted by Gasteiger charge is 2.32. The number of aromatic hydroxyl groups is 2. The van der Waals surface area contributed by atoms with Crippen molar-refractivity contribution in [1.29, 1.82) is 0 Å². The van der Waals surface area contributed by atoms with E-state index in [-0.39, 0.29) is 40.5 Å². The number of phenols is 2. The summed E-state index contributed by atoms with van der Waals surface area (Å²) in [5.41, 5.74) is 2.16. The quantitative estimate of drug-likeness (QED) is 0.0806. The van der Waals surface area contributed by atoms with E-state index in [4.69, 9.17) is 4.74 Å². The van der Waals surface area contributed by atoms with Crippen LogP contribution < -0.4 is 5.32 Å². The number of rotatable bonds is 14. The molecule has 1 aliphatic carbocycles. The molecule has 1 amide bonds. The summed E-state index contributed by atoms with van der Waals surface area (Å²) in [5.74, 6) is -1.49. The average Bonchev–Trinajstić information content (AvgIpc) is 3.05. The van der Waals surface area contributed by atoms with Gasteiger partial charge in [0.05, 0.1) is 22.8 Å². The van der Waals surface area contributed by atoms with Gasteiger partial charge in [0.15, 0.2) is 11.6 Å². The minimum absolute atomic E-state index is 0.126. The number of ketones is 2. The predicted octanol–water partition coefficient (Wildman–Crippen LogP) is 7.32. The molecule has 1 aliphatic heterocycles. The molecule has 4 atom stereocenters. The van der Waals surface area contributed by atoms with Gasteiger partial charge in [0, 0.05) is 28.2 Å². The third kappa shape index (κ3) is 9.45. The molecule has 1 heterocycles. The number of allylic oxidation sites excluding steroid dienone is 4. The standard InChI is InChI=1S/C35H41NO7S3/c1-21(2)13-16-29(24-19-28(39)31-26(37)14-15-27(38)32(31)33(24)41)45-20-25(34(42)43-3)36-30(40)12-8-7-11-23-17-18-44-35(46-23)22-9-5-4-6-10-22/h4-6,9-10,13-15,19,23,25,29,35,39,41H,7-8,11-12,16-18,20H2,1-3H3,(H,36,40)/t23-,25+,29-,35?/m1/s1. The number of hydrogen-bond acceptors (Lipinski definition) is 10. The van der Waals surface area contributed by atoms with Crippen molar-refractivity contribution < 1.29 is 34.1 Å². The summed E-state index contributed by atoms with van der Waals surface area (Å²) in [6.07, 6.45) is 8.58. The Labute approximate surface area is 283 Å². The highest BCUT2D eigenvalue weighted by Crippen LogP contribution is 2.48. The highest BCUT2D eigenvalue weighted by molar-refractivity contribution is 8.17. The van der Waals surface area contributed by atoms with Crippen LogP contribution in [-0.4, -0.2) is 63.6 Å². The van der Waals surface area contributed by atoms with Crippen LogP contribution in [-0.2, 0) is 14.3 Å². The van der Waals surface area contributed by atoms with E-state index in [2.05, 4.69) is 29.6 Å². The largest absolute Gasteiger partial charge is 0.507 e. The number of phenolic OH excluding ortho intramolecular Hbond substituents is 2. The van der Waals surface area contributed by atoms with Gasteiger partial charge in [-0.1, -0.05) is 48.4 Å². The van der Waals surface area contributed by atoms with Crippen molar-refractivity contribution in [3.8, 4) is 11.5 Å². The number of hydrogen-bond donors (Lipinski definition) is 3. The van der Waals surface area contributed by atoms with Crippen LogP contribution in [0.1, 0.15) is 94.0 Å². The van der Waals surface area contributed by atoms with Crippen LogP contribution >= 0.6 is 35.3 Å². The molecule has 2 aliphatic rings. The number of unbranched alkanes of at least 4 members (excludes halogenated alkanes) is 1. The van der Waals surface area contributed by atoms with Gasteiger partial charge in [0.2, 0.25) is 5.91 Å². The summed E-state index contributed by atoms with van der Waals surface area (Å²) in [7, 11) is 1.26. The number of carbonyl (C=O) groups excluding carboxylic acids is 4. The van der Waals surface area contributed by atoms with E-state index in [1.165, 1.54) is 30.5 Å². The number of amides is 1. The van der Waals surface area contributed by atoms with E-state index in [0.717, 1.165) is 42.7 Å². The molecule has 4 rings (SSSR count). The lowest BCUT2D eigenvalue weighted by atomic mass is 9.89. The zero-order valence-corrected chi connectivity index (χ0v) is 28.8. The van der Waals surface area contributed by atoms with Crippen molar-refractivity contribution in [2.45, 2.75) is 73.5 Å². The summed E-state index contributed by atoms with van der Waals surface area (Å²) in [6, 6.07) is 10.9. The van der Waals surface area contributed by atoms with Crippen molar-refractivity contribution >= 4 is 58.7 Å². The van der Waals surface area contributed by atoms with E-state index < -0.39 is 34.6 Å². The van der Waals surface area contributed by atoms with Gasteiger partial charge < -0.3 is 20.3 Å². The number of esters is 1. The molecule has 0 radical (unpaired) electrons. The first-order valence-corrected chi connectivity index (χ1v) is 18.4. The molecule has 11 heteroatoms. The van der Waals surface area contributed by atoms with Gasteiger partial charge in [-0.3, -0.25) is 14.4 Å². The van der Waals surface area contributed by atoms with Crippen LogP contribution in [0.25, 0.3) is 0 Å². The fourth-order valence-electron chi connectivity index (χ4n) is 5.39. The Kier molecular flexibility index (Phi) is 13.3. The molecule has 0 saturated carbocycles. The first-order chi connectivity index (χ1) is 22.1. The SMILES string of the molecule is COC(=O)[C@H](CS[C@H](CC=C(C)C)c1cc(O)c2c(c1O)C(=O)C=CC2=O)NC(=O)CCCC[C@@H]1CCSC(c2ccccc2)S1. The Morgan fingerprint density at radius 3 is 2.50 bits per heavy atom. The van der Waals surface area contributed by atoms with Gasteiger partial charge in [-0.2, -0.15) is 11.8 Å². The number of carbonyl (C=O) groups is 4. The maximum atomic E-state index is 12.9. The topological polar surface area (TPSA) is 130 Å². The lowest BCUT2D eigenvalue weighted by molar-refractivity contribution is -0.144. The van der Waals surface area contributed by atoms with Crippen LogP contribution in [0.3, 0.4) is 0 Å². The zero-order chi connectivity index (χ0) is 33.2. The second kappa shape index (κ2) is 17.1.